The molecule has 0 radical (unpaired) electrons. The van der Waals surface area contributed by atoms with Gasteiger partial charge < -0.3 is 9.47 Å². The van der Waals surface area contributed by atoms with E-state index in [1.165, 1.54) is 0 Å². The molecular weight excluding hydrogens is 204 g/mol. The zero-order valence-electron chi connectivity index (χ0n) is 10.4. The van der Waals surface area contributed by atoms with Crippen LogP contribution in [0.1, 0.15) is 20.3 Å². The van der Waals surface area contributed by atoms with E-state index >= 15 is 0 Å². The first-order chi connectivity index (χ1) is 7.63. The van der Waals surface area contributed by atoms with Crippen molar-refractivity contribution in [3.63, 3.8) is 0 Å². The summed E-state index contributed by atoms with van der Waals surface area (Å²) in [5, 5.41) is 0. The van der Waals surface area contributed by atoms with Gasteiger partial charge in [0.05, 0.1) is 14.2 Å². The van der Waals surface area contributed by atoms with E-state index in [0.29, 0.717) is 24.1 Å². The van der Waals surface area contributed by atoms with Gasteiger partial charge in [-0.05, 0) is 12.3 Å². The van der Waals surface area contributed by atoms with Crippen molar-refractivity contribution in [2.45, 2.75) is 32.4 Å². The monoisotopic (exact) mass is 224 g/mol. The maximum atomic E-state index is 5.29. The van der Waals surface area contributed by atoms with E-state index in [9.17, 15) is 0 Å². The van der Waals surface area contributed by atoms with Crippen molar-refractivity contribution in [2.75, 3.05) is 14.2 Å². The molecule has 0 saturated heterocycles. The maximum Gasteiger partial charge on any atom is 0.209 e. The van der Waals surface area contributed by atoms with E-state index in [1.54, 1.807) is 14.2 Å². The Labute approximate surface area is 97.1 Å². The summed E-state index contributed by atoms with van der Waals surface area (Å²) < 4.78 is 10.6. The second-order valence-corrected chi connectivity index (χ2v) is 4.07. The van der Waals surface area contributed by atoms with E-state index in [0.717, 1.165) is 0 Å². The summed E-state index contributed by atoms with van der Waals surface area (Å²) in [6.07, 6.45) is 2.52. The molecule has 0 aromatic heterocycles. The molecule has 0 spiro atoms. The maximum absolute atomic E-state index is 5.29. The van der Waals surface area contributed by atoms with Gasteiger partial charge in [0.15, 0.2) is 0 Å². The van der Waals surface area contributed by atoms with Crippen LogP contribution in [0.25, 0.3) is 0 Å². The van der Waals surface area contributed by atoms with Crippen molar-refractivity contribution in [2.24, 2.45) is 15.9 Å². The number of hydrogen-bond acceptors (Lipinski definition) is 4. The molecule has 90 valence electrons. The molecule has 2 atom stereocenters. The first-order valence-corrected chi connectivity index (χ1v) is 5.48. The summed E-state index contributed by atoms with van der Waals surface area (Å²) in [7, 11) is 3.26. The van der Waals surface area contributed by atoms with Gasteiger partial charge in [-0.1, -0.05) is 19.9 Å². The fourth-order valence-electron chi connectivity index (χ4n) is 1.67. The third-order valence-electron chi connectivity index (χ3n) is 2.53. The summed E-state index contributed by atoms with van der Waals surface area (Å²) in [6.45, 7) is 7.88. The molecule has 2 unspecified atom stereocenters. The van der Waals surface area contributed by atoms with Gasteiger partial charge >= 0.3 is 0 Å². The molecule has 0 amide bonds. The number of methoxy groups -OCH3 is 2. The standard InChI is InChI=1S/C12H20N2O2/c1-6-7-9-11(15-4)14-10(8(2)3)12(13-9)16-5/h6,8-10H,1,7H2,2-5H3. The Morgan fingerprint density at radius 1 is 1.25 bits per heavy atom. The highest BCUT2D eigenvalue weighted by Gasteiger charge is 2.29. The predicted molar refractivity (Wildman–Crippen MR) is 66.1 cm³/mol. The van der Waals surface area contributed by atoms with Crippen LogP contribution in [0.4, 0.5) is 0 Å². The molecular formula is C12H20N2O2. The molecule has 0 N–H and O–H groups in total. The number of ether oxygens (including phenoxy) is 2. The first-order valence-electron chi connectivity index (χ1n) is 5.48. The fraction of sp³-hybridized carbons (Fsp3) is 0.667. The van der Waals surface area contributed by atoms with Gasteiger partial charge in [0.2, 0.25) is 11.8 Å². The van der Waals surface area contributed by atoms with Crippen molar-refractivity contribution in [1.29, 1.82) is 0 Å². The summed E-state index contributed by atoms with van der Waals surface area (Å²) >= 11 is 0. The smallest absolute Gasteiger partial charge is 0.209 e. The van der Waals surface area contributed by atoms with E-state index in [-0.39, 0.29) is 12.1 Å². The van der Waals surface area contributed by atoms with Crippen LogP contribution < -0.4 is 0 Å². The van der Waals surface area contributed by atoms with Gasteiger partial charge in [0.1, 0.15) is 12.1 Å². The quantitative estimate of drug-likeness (QED) is 0.689. The van der Waals surface area contributed by atoms with Crippen LogP contribution >= 0.6 is 0 Å². The lowest BCUT2D eigenvalue weighted by Gasteiger charge is -2.26. The molecule has 1 aliphatic heterocycles. The topological polar surface area (TPSA) is 43.2 Å². The summed E-state index contributed by atoms with van der Waals surface area (Å²) in [5.74, 6) is 1.69. The van der Waals surface area contributed by atoms with Crippen LogP contribution in [-0.4, -0.2) is 38.1 Å². The van der Waals surface area contributed by atoms with Crippen LogP contribution in [0.2, 0.25) is 0 Å². The molecule has 0 saturated carbocycles. The third kappa shape index (κ3) is 2.62. The summed E-state index contributed by atoms with van der Waals surface area (Å²) in [5.41, 5.74) is 0. The zero-order valence-corrected chi connectivity index (χ0v) is 10.4. The molecule has 0 aromatic rings. The molecule has 1 heterocycles. The van der Waals surface area contributed by atoms with Crippen LogP contribution in [0, 0.1) is 5.92 Å². The van der Waals surface area contributed by atoms with Gasteiger partial charge in [0.25, 0.3) is 0 Å². The number of hydrogen-bond donors (Lipinski definition) is 0. The Bertz CT molecular complexity index is 308. The SMILES string of the molecule is C=CCC1N=C(OC)C(C(C)C)N=C1OC. The van der Waals surface area contributed by atoms with Gasteiger partial charge in [-0.3, -0.25) is 0 Å². The van der Waals surface area contributed by atoms with Crippen LogP contribution in [-0.2, 0) is 9.47 Å². The Morgan fingerprint density at radius 2 is 1.88 bits per heavy atom. The van der Waals surface area contributed by atoms with E-state index < -0.39 is 0 Å². The molecule has 16 heavy (non-hydrogen) atoms. The second kappa shape index (κ2) is 5.68. The molecule has 1 rings (SSSR count). The van der Waals surface area contributed by atoms with Crippen molar-refractivity contribution in [3.8, 4) is 0 Å². The highest BCUT2D eigenvalue weighted by Crippen LogP contribution is 2.18. The van der Waals surface area contributed by atoms with Crippen LogP contribution in [0.5, 0.6) is 0 Å². The lowest BCUT2D eigenvalue weighted by Crippen LogP contribution is -2.37. The average molecular weight is 224 g/mol. The predicted octanol–water partition coefficient (Wildman–Crippen LogP) is 2.06. The Balaban J connectivity index is 2.96. The van der Waals surface area contributed by atoms with Crippen molar-refractivity contribution in [1.82, 2.24) is 0 Å². The highest BCUT2D eigenvalue weighted by atomic mass is 16.5. The third-order valence-corrected chi connectivity index (χ3v) is 2.53. The van der Waals surface area contributed by atoms with E-state index in [2.05, 4.69) is 30.4 Å². The molecule has 4 heteroatoms. The Kier molecular flexibility index (Phi) is 4.52. The second-order valence-electron chi connectivity index (χ2n) is 4.07. The molecule has 0 fully saturated rings. The zero-order chi connectivity index (χ0) is 12.1. The molecule has 1 aliphatic rings. The number of rotatable bonds is 3. The number of aliphatic imine (C=N–C) groups is 2. The fourth-order valence-corrected chi connectivity index (χ4v) is 1.67. The van der Waals surface area contributed by atoms with Gasteiger partial charge in [0, 0.05) is 0 Å². The number of nitrogens with zero attached hydrogens (tertiary/aromatic N) is 2. The minimum absolute atomic E-state index is 0.0407. The van der Waals surface area contributed by atoms with E-state index in [4.69, 9.17) is 9.47 Å². The molecule has 0 aromatic carbocycles. The minimum atomic E-state index is -0.0903. The molecule has 4 nitrogen and oxygen atoms in total. The van der Waals surface area contributed by atoms with Crippen molar-refractivity contribution >= 4 is 11.8 Å². The highest BCUT2D eigenvalue weighted by molar-refractivity contribution is 5.94. The molecule has 0 bridgehead atoms. The lowest BCUT2D eigenvalue weighted by atomic mass is 10.0. The Hall–Kier alpha value is -1.32. The van der Waals surface area contributed by atoms with Crippen LogP contribution in [0.15, 0.2) is 22.6 Å². The van der Waals surface area contributed by atoms with Gasteiger partial charge in [-0.15, -0.1) is 6.58 Å². The van der Waals surface area contributed by atoms with Crippen LogP contribution in [0.3, 0.4) is 0 Å². The minimum Gasteiger partial charge on any atom is -0.483 e. The molecule has 0 aliphatic carbocycles. The van der Waals surface area contributed by atoms with Gasteiger partial charge in [-0.25, -0.2) is 9.98 Å². The summed E-state index contributed by atoms with van der Waals surface area (Å²) in [4.78, 5) is 9.06. The van der Waals surface area contributed by atoms with Crippen molar-refractivity contribution < 1.29 is 9.47 Å². The first kappa shape index (κ1) is 12.7. The Morgan fingerprint density at radius 3 is 2.31 bits per heavy atom. The lowest BCUT2D eigenvalue weighted by molar-refractivity contribution is 0.333. The summed E-state index contributed by atoms with van der Waals surface area (Å²) in [6, 6.07) is -0.131. The average Bonchev–Trinajstić information content (AvgIpc) is 2.28. The normalized spacial score (nSPS) is 24.8. The van der Waals surface area contributed by atoms with Gasteiger partial charge in [-0.2, -0.15) is 0 Å². The van der Waals surface area contributed by atoms with E-state index in [1.807, 2.05) is 6.08 Å². The largest absolute Gasteiger partial charge is 0.483 e. The van der Waals surface area contributed by atoms with Crippen molar-refractivity contribution in [3.05, 3.63) is 12.7 Å².